The maximum atomic E-state index is 14.0. The smallest absolute Gasteiger partial charge is 0.270 e. The van der Waals surface area contributed by atoms with Crippen LogP contribution in [0.1, 0.15) is 89.3 Å². The largest absolute Gasteiger partial charge is 0.349 e. The Hall–Kier alpha value is -3.51. The van der Waals surface area contributed by atoms with Crippen molar-refractivity contribution in [2.75, 3.05) is 0 Å². The summed E-state index contributed by atoms with van der Waals surface area (Å²) in [5, 5.41) is 13.8. The van der Waals surface area contributed by atoms with Gasteiger partial charge in [0.05, 0.1) is 30.2 Å². The molecule has 0 aliphatic heterocycles. The molecule has 3 aromatic rings. The number of imidazole rings is 1. The molecule has 210 valence electrons. The molecule has 9 nitrogen and oxygen atoms in total. The highest BCUT2D eigenvalue weighted by atomic mass is 19.3. The summed E-state index contributed by atoms with van der Waals surface area (Å²) in [6.07, 6.45) is 2.13. The number of aryl methyl sites for hydroxylation is 1. The van der Waals surface area contributed by atoms with Crippen molar-refractivity contribution in [1.29, 1.82) is 0 Å². The van der Waals surface area contributed by atoms with Crippen LogP contribution in [0.2, 0.25) is 0 Å². The molecule has 2 saturated carbocycles. The Kier molecular flexibility index (Phi) is 6.55. The summed E-state index contributed by atoms with van der Waals surface area (Å²) in [5.41, 5.74) is 1.17. The molecule has 39 heavy (non-hydrogen) atoms. The highest BCUT2D eigenvalue weighted by molar-refractivity contribution is 5.92. The van der Waals surface area contributed by atoms with Gasteiger partial charge in [-0.15, -0.1) is 0 Å². The molecule has 0 bridgehead atoms. The van der Waals surface area contributed by atoms with E-state index in [1.165, 1.54) is 16.8 Å². The van der Waals surface area contributed by atoms with Gasteiger partial charge in [-0.2, -0.15) is 10.2 Å². The first-order valence-corrected chi connectivity index (χ1v) is 13.0. The van der Waals surface area contributed by atoms with Crippen molar-refractivity contribution in [2.24, 2.45) is 18.8 Å². The van der Waals surface area contributed by atoms with Gasteiger partial charge >= 0.3 is 0 Å². The Labute approximate surface area is 226 Å². The number of halogens is 4. The zero-order valence-corrected chi connectivity index (χ0v) is 21.0. The van der Waals surface area contributed by atoms with Crippen LogP contribution in [0, 0.1) is 11.8 Å². The molecule has 3 heterocycles. The first kappa shape index (κ1) is 23.4. The van der Waals surface area contributed by atoms with E-state index >= 15 is 0 Å². The van der Waals surface area contributed by atoms with Crippen LogP contribution in [0.3, 0.4) is 0 Å². The zero-order valence-electron chi connectivity index (χ0n) is 24.0. The van der Waals surface area contributed by atoms with Crippen molar-refractivity contribution in [3.05, 3.63) is 47.7 Å². The second-order valence-corrected chi connectivity index (χ2v) is 10.3. The molecule has 13 heteroatoms. The standard InChI is InChI=1S/C26H31F4N7O2/c1-36-19(8-11-31-36)25(39)35-24(16-6-9-26(29,30)10-7-16)18-14-37-21(33-18)12-17(13-32-37)23(15-2-3-15)34-22(38)5-4-20(27)28/h8,11-16,20,23-24H,2-7,9-10H2,1H3,(H,34,38)(H,35,39)/t23-,24+/m1/s1/i1D3. The molecule has 0 saturated heterocycles. The van der Waals surface area contributed by atoms with Crippen LogP contribution < -0.4 is 10.6 Å². The summed E-state index contributed by atoms with van der Waals surface area (Å²) >= 11 is 0. The first-order chi connectivity index (χ1) is 19.8. The lowest BCUT2D eigenvalue weighted by molar-refractivity contribution is -0.122. The van der Waals surface area contributed by atoms with Crippen LogP contribution in [-0.2, 0) is 11.8 Å². The van der Waals surface area contributed by atoms with Crippen molar-refractivity contribution in [2.45, 2.75) is 75.8 Å². The van der Waals surface area contributed by atoms with Crippen LogP contribution in [-0.4, -0.2) is 48.5 Å². The summed E-state index contributed by atoms with van der Waals surface area (Å²) in [7, 11) is 0. The van der Waals surface area contributed by atoms with E-state index in [0.29, 0.717) is 21.6 Å². The van der Waals surface area contributed by atoms with Gasteiger partial charge in [-0.3, -0.25) is 14.3 Å². The third-order valence-electron chi connectivity index (χ3n) is 7.43. The summed E-state index contributed by atoms with van der Waals surface area (Å²) in [5.74, 6) is -4.30. The van der Waals surface area contributed by atoms with E-state index in [2.05, 4.69) is 25.8 Å². The van der Waals surface area contributed by atoms with Gasteiger partial charge in [-0.1, -0.05) is 0 Å². The molecule has 0 aromatic carbocycles. The number of amides is 2. The molecular weight excluding hydrogens is 518 g/mol. The lowest BCUT2D eigenvalue weighted by Crippen LogP contribution is -2.38. The van der Waals surface area contributed by atoms with Crippen molar-refractivity contribution in [1.82, 2.24) is 35.0 Å². The molecule has 2 aliphatic rings. The monoisotopic (exact) mass is 552 g/mol. The molecule has 0 unspecified atom stereocenters. The molecule has 2 N–H and O–H groups in total. The van der Waals surface area contributed by atoms with Crippen molar-refractivity contribution >= 4 is 17.5 Å². The van der Waals surface area contributed by atoms with Crippen LogP contribution in [0.25, 0.3) is 5.65 Å². The van der Waals surface area contributed by atoms with Gasteiger partial charge in [0.2, 0.25) is 18.3 Å². The lowest BCUT2D eigenvalue weighted by atomic mass is 9.81. The fourth-order valence-electron chi connectivity index (χ4n) is 5.14. The van der Waals surface area contributed by atoms with Gasteiger partial charge in [0.15, 0.2) is 5.65 Å². The Morgan fingerprint density at radius 2 is 1.87 bits per heavy atom. The van der Waals surface area contributed by atoms with E-state index in [9.17, 15) is 27.2 Å². The quantitative estimate of drug-likeness (QED) is 0.364. The highest BCUT2D eigenvalue weighted by Gasteiger charge is 2.40. The highest BCUT2D eigenvalue weighted by Crippen LogP contribution is 2.42. The third-order valence-corrected chi connectivity index (χ3v) is 7.43. The SMILES string of the molecule is [2H]C([2H])([2H])n1nccc1C(=O)N[C@H](c1cn2ncc([C@H](NC(=O)CCC(F)F)C3CC3)cc2n1)C1CCC(F)(F)CC1. The summed E-state index contributed by atoms with van der Waals surface area (Å²) < 4.78 is 78.2. The van der Waals surface area contributed by atoms with Crippen molar-refractivity contribution < 1.29 is 31.3 Å². The molecule has 0 spiro atoms. The van der Waals surface area contributed by atoms with Crippen LogP contribution in [0.15, 0.2) is 30.7 Å². The fraction of sp³-hybridized carbons (Fsp3) is 0.577. The number of rotatable bonds is 10. The molecular formula is C26H31F4N7O2. The maximum Gasteiger partial charge on any atom is 0.270 e. The summed E-state index contributed by atoms with van der Waals surface area (Å²) in [6, 6.07) is 1.72. The fourth-order valence-corrected chi connectivity index (χ4v) is 5.14. The first-order valence-electron chi connectivity index (χ1n) is 14.5. The van der Waals surface area contributed by atoms with E-state index in [1.807, 2.05) is 0 Å². The van der Waals surface area contributed by atoms with Crippen LogP contribution in [0.4, 0.5) is 17.6 Å². The van der Waals surface area contributed by atoms with E-state index in [1.54, 1.807) is 18.5 Å². The van der Waals surface area contributed by atoms with Crippen molar-refractivity contribution in [3.8, 4) is 0 Å². The van der Waals surface area contributed by atoms with Gasteiger partial charge in [-0.05, 0) is 55.2 Å². The number of nitrogens with zero attached hydrogens (tertiary/aromatic N) is 5. The number of carbonyl (C=O) groups excluding carboxylic acids is 2. The van der Waals surface area contributed by atoms with Gasteiger partial charge < -0.3 is 10.6 Å². The third kappa shape index (κ3) is 6.39. The second-order valence-electron chi connectivity index (χ2n) is 10.3. The minimum atomic E-state index is -2.81. The molecule has 2 aliphatic carbocycles. The number of hydrogen-bond acceptors (Lipinski definition) is 5. The molecule has 0 radical (unpaired) electrons. The Morgan fingerprint density at radius 1 is 1.13 bits per heavy atom. The van der Waals surface area contributed by atoms with Crippen LogP contribution in [0.5, 0.6) is 0 Å². The summed E-state index contributed by atoms with van der Waals surface area (Å²) in [6.45, 7) is -2.70. The van der Waals surface area contributed by atoms with E-state index < -0.39 is 55.6 Å². The van der Waals surface area contributed by atoms with E-state index in [0.717, 1.165) is 12.8 Å². The zero-order chi connectivity index (χ0) is 30.2. The molecule has 2 fully saturated rings. The van der Waals surface area contributed by atoms with Gasteiger partial charge in [-0.25, -0.2) is 27.1 Å². The maximum absolute atomic E-state index is 14.0. The molecule has 5 rings (SSSR count). The van der Waals surface area contributed by atoms with E-state index in [-0.39, 0.29) is 43.7 Å². The second kappa shape index (κ2) is 10.9. The van der Waals surface area contributed by atoms with Crippen molar-refractivity contribution in [3.63, 3.8) is 0 Å². The number of nitrogens with one attached hydrogen (secondary N) is 2. The van der Waals surface area contributed by atoms with E-state index in [4.69, 9.17) is 4.11 Å². The number of aromatic nitrogens is 5. The van der Waals surface area contributed by atoms with Crippen LogP contribution >= 0.6 is 0 Å². The Bertz CT molecular complexity index is 1430. The average molecular weight is 553 g/mol. The predicted molar refractivity (Wildman–Crippen MR) is 132 cm³/mol. The topological polar surface area (TPSA) is 106 Å². The number of fused-ring (bicyclic) bond motifs is 1. The molecule has 2 atom stereocenters. The Morgan fingerprint density at radius 3 is 2.56 bits per heavy atom. The normalized spacial score (nSPS) is 20.7. The number of alkyl halides is 4. The van der Waals surface area contributed by atoms with Gasteiger partial charge in [0.1, 0.15) is 5.69 Å². The Balaban J connectivity index is 1.42. The minimum absolute atomic E-state index is 0.109. The molecule has 2 amide bonds. The number of carbonyl (C=O) groups is 2. The molecule has 3 aromatic heterocycles. The van der Waals surface area contributed by atoms with Gasteiger partial charge in [0, 0.05) is 43.0 Å². The minimum Gasteiger partial charge on any atom is -0.349 e. The predicted octanol–water partition coefficient (Wildman–Crippen LogP) is 4.37. The number of hydrogen-bond donors (Lipinski definition) is 2. The average Bonchev–Trinajstić information content (AvgIpc) is 3.46. The lowest BCUT2D eigenvalue weighted by Gasteiger charge is -2.33. The van der Waals surface area contributed by atoms with Gasteiger partial charge in [0.25, 0.3) is 5.91 Å². The summed E-state index contributed by atoms with van der Waals surface area (Å²) in [4.78, 5) is 30.2.